The summed E-state index contributed by atoms with van der Waals surface area (Å²) >= 11 is 1.49. The highest BCUT2D eigenvalue weighted by Gasteiger charge is 2.29. The largest absolute Gasteiger partial charge is 0.465 e. The SMILES string of the molecule is CC(C)(C)CC(=O)N1CCC(Oc2nccs2)C1. The van der Waals surface area contributed by atoms with Crippen LogP contribution in [-0.2, 0) is 4.79 Å². The molecule has 0 radical (unpaired) electrons. The molecule has 2 heterocycles. The molecule has 1 fully saturated rings. The summed E-state index contributed by atoms with van der Waals surface area (Å²) in [5.41, 5.74) is 0.0470. The van der Waals surface area contributed by atoms with Crippen molar-refractivity contribution in [3.8, 4) is 5.19 Å². The van der Waals surface area contributed by atoms with E-state index in [1.165, 1.54) is 11.3 Å². The number of carbonyl (C=O) groups is 1. The first kappa shape index (κ1) is 13.3. The Morgan fingerprint density at radius 1 is 1.61 bits per heavy atom. The van der Waals surface area contributed by atoms with Gasteiger partial charge in [0.2, 0.25) is 5.91 Å². The lowest BCUT2D eigenvalue weighted by atomic mass is 9.92. The predicted molar refractivity (Wildman–Crippen MR) is 71.8 cm³/mol. The van der Waals surface area contributed by atoms with Crippen LogP contribution < -0.4 is 4.74 Å². The molecule has 0 saturated carbocycles. The maximum absolute atomic E-state index is 12.1. The van der Waals surface area contributed by atoms with Crippen LogP contribution in [0.15, 0.2) is 11.6 Å². The molecule has 100 valence electrons. The number of aromatic nitrogens is 1. The van der Waals surface area contributed by atoms with Crippen LogP contribution in [0.3, 0.4) is 0 Å². The number of nitrogens with zero attached hydrogens (tertiary/aromatic N) is 2. The quantitative estimate of drug-likeness (QED) is 0.846. The van der Waals surface area contributed by atoms with E-state index < -0.39 is 0 Å². The molecule has 18 heavy (non-hydrogen) atoms. The Morgan fingerprint density at radius 2 is 2.39 bits per heavy atom. The van der Waals surface area contributed by atoms with Gasteiger partial charge in [-0.15, -0.1) is 0 Å². The minimum Gasteiger partial charge on any atom is -0.465 e. The second-order valence-electron chi connectivity index (χ2n) is 5.90. The summed E-state index contributed by atoms with van der Waals surface area (Å²) in [7, 11) is 0. The Hall–Kier alpha value is -1.10. The molecule has 0 N–H and O–H groups in total. The van der Waals surface area contributed by atoms with Crippen LogP contribution in [0.4, 0.5) is 0 Å². The first-order valence-electron chi connectivity index (χ1n) is 6.28. The van der Waals surface area contributed by atoms with E-state index >= 15 is 0 Å². The third kappa shape index (κ3) is 3.70. The molecule has 5 heteroatoms. The highest BCUT2D eigenvalue weighted by molar-refractivity contribution is 7.11. The van der Waals surface area contributed by atoms with Gasteiger partial charge in [-0.25, -0.2) is 4.98 Å². The Labute approximate surface area is 112 Å². The molecule has 1 amide bonds. The van der Waals surface area contributed by atoms with Crippen LogP contribution in [-0.4, -0.2) is 35.0 Å². The Bertz CT molecular complexity index is 398. The zero-order valence-electron chi connectivity index (χ0n) is 11.2. The Balaban J connectivity index is 1.83. The molecular weight excluding hydrogens is 248 g/mol. The van der Waals surface area contributed by atoms with Crippen LogP contribution >= 0.6 is 11.3 Å². The highest BCUT2D eigenvalue weighted by atomic mass is 32.1. The first-order valence-corrected chi connectivity index (χ1v) is 7.16. The molecule has 1 aliphatic heterocycles. The fourth-order valence-electron chi connectivity index (χ4n) is 2.03. The van der Waals surface area contributed by atoms with Crippen molar-refractivity contribution in [3.05, 3.63) is 11.6 Å². The number of likely N-dealkylation sites (tertiary alicyclic amines) is 1. The van der Waals surface area contributed by atoms with E-state index in [0.717, 1.165) is 13.0 Å². The van der Waals surface area contributed by atoms with Gasteiger partial charge >= 0.3 is 0 Å². The number of rotatable bonds is 3. The fourth-order valence-corrected chi connectivity index (χ4v) is 2.58. The fraction of sp³-hybridized carbons (Fsp3) is 0.692. The minimum atomic E-state index is 0.0470. The molecular formula is C13H20N2O2S. The van der Waals surface area contributed by atoms with E-state index in [1.54, 1.807) is 6.20 Å². The summed E-state index contributed by atoms with van der Waals surface area (Å²) < 4.78 is 5.74. The Kier molecular flexibility index (Phi) is 3.90. The van der Waals surface area contributed by atoms with E-state index in [2.05, 4.69) is 25.8 Å². The summed E-state index contributed by atoms with van der Waals surface area (Å²) in [6.45, 7) is 7.75. The zero-order chi connectivity index (χ0) is 13.2. The van der Waals surface area contributed by atoms with Crippen molar-refractivity contribution in [1.29, 1.82) is 0 Å². The van der Waals surface area contributed by atoms with Gasteiger partial charge in [-0.1, -0.05) is 32.1 Å². The van der Waals surface area contributed by atoms with Crippen molar-refractivity contribution in [3.63, 3.8) is 0 Å². The lowest BCUT2D eigenvalue weighted by Gasteiger charge is -2.22. The molecule has 0 aliphatic carbocycles. The lowest BCUT2D eigenvalue weighted by Crippen LogP contribution is -2.33. The summed E-state index contributed by atoms with van der Waals surface area (Å²) in [4.78, 5) is 18.1. The van der Waals surface area contributed by atoms with E-state index in [9.17, 15) is 4.79 Å². The second kappa shape index (κ2) is 5.26. The smallest absolute Gasteiger partial charge is 0.273 e. The van der Waals surface area contributed by atoms with Crippen LogP contribution in [0, 0.1) is 5.41 Å². The lowest BCUT2D eigenvalue weighted by molar-refractivity contribution is -0.132. The van der Waals surface area contributed by atoms with Crippen molar-refractivity contribution in [2.75, 3.05) is 13.1 Å². The molecule has 1 aliphatic rings. The summed E-state index contributed by atoms with van der Waals surface area (Å²) in [6, 6.07) is 0. The van der Waals surface area contributed by atoms with Gasteiger partial charge in [0.1, 0.15) is 6.10 Å². The maximum atomic E-state index is 12.1. The summed E-state index contributed by atoms with van der Waals surface area (Å²) in [6.07, 6.45) is 3.32. The van der Waals surface area contributed by atoms with Crippen molar-refractivity contribution in [2.24, 2.45) is 5.41 Å². The van der Waals surface area contributed by atoms with Crippen molar-refractivity contribution < 1.29 is 9.53 Å². The average Bonchev–Trinajstić information content (AvgIpc) is 2.86. The minimum absolute atomic E-state index is 0.0470. The molecule has 1 saturated heterocycles. The molecule has 1 unspecified atom stereocenters. The van der Waals surface area contributed by atoms with Gasteiger partial charge in [-0.05, 0) is 5.41 Å². The second-order valence-corrected chi connectivity index (χ2v) is 6.76. The molecule has 0 spiro atoms. The van der Waals surface area contributed by atoms with E-state index in [0.29, 0.717) is 18.2 Å². The van der Waals surface area contributed by atoms with Crippen LogP contribution in [0.25, 0.3) is 0 Å². The summed E-state index contributed by atoms with van der Waals surface area (Å²) in [5.74, 6) is 0.229. The topological polar surface area (TPSA) is 42.4 Å². The van der Waals surface area contributed by atoms with Crippen molar-refractivity contribution in [1.82, 2.24) is 9.88 Å². The van der Waals surface area contributed by atoms with E-state index in [1.807, 2.05) is 10.3 Å². The number of amides is 1. The number of ether oxygens (including phenoxy) is 1. The number of hydrogen-bond acceptors (Lipinski definition) is 4. The third-order valence-electron chi connectivity index (χ3n) is 2.86. The van der Waals surface area contributed by atoms with Crippen molar-refractivity contribution in [2.45, 2.75) is 39.7 Å². The van der Waals surface area contributed by atoms with Gasteiger partial charge in [0.05, 0.1) is 6.54 Å². The van der Waals surface area contributed by atoms with Gasteiger partial charge in [0.25, 0.3) is 5.19 Å². The molecule has 4 nitrogen and oxygen atoms in total. The molecule has 2 rings (SSSR count). The maximum Gasteiger partial charge on any atom is 0.273 e. The Morgan fingerprint density at radius 3 is 3.00 bits per heavy atom. The van der Waals surface area contributed by atoms with Crippen LogP contribution in [0.5, 0.6) is 5.19 Å². The number of carbonyl (C=O) groups excluding carboxylic acids is 1. The van der Waals surface area contributed by atoms with Gasteiger partial charge in [-0.2, -0.15) is 0 Å². The molecule has 0 bridgehead atoms. The third-order valence-corrected chi connectivity index (χ3v) is 3.52. The average molecular weight is 268 g/mol. The summed E-state index contributed by atoms with van der Waals surface area (Å²) in [5, 5.41) is 2.59. The molecule has 1 aromatic heterocycles. The number of thiazole rings is 1. The van der Waals surface area contributed by atoms with Gasteiger partial charge in [0, 0.05) is 31.0 Å². The van der Waals surface area contributed by atoms with Crippen LogP contribution in [0.1, 0.15) is 33.6 Å². The van der Waals surface area contributed by atoms with Crippen LogP contribution in [0.2, 0.25) is 0 Å². The van der Waals surface area contributed by atoms with E-state index in [-0.39, 0.29) is 17.4 Å². The highest BCUT2D eigenvalue weighted by Crippen LogP contribution is 2.24. The molecule has 1 atom stereocenters. The van der Waals surface area contributed by atoms with Gasteiger partial charge in [0.15, 0.2) is 0 Å². The predicted octanol–water partition coefficient (Wildman–Crippen LogP) is 2.56. The first-order chi connectivity index (χ1) is 8.44. The zero-order valence-corrected chi connectivity index (χ0v) is 12.0. The standard InChI is InChI=1S/C13H20N2O2S/c1-13(2,3)8-11(16)15-6-4-10(9-15)17-12-14-5-7-18-12/h5,7,10H,4,6,8-9H2,1-3H3. The normalized spacial score (nSPS) is 20.2. The molecule has 1 aromatic rings. The van der Waals surface area contributed by atoms with Crippen molar-refractivity contribution >= 4 is 17.2 Å². The molecule has 0 aromatic carbocycles. The monoisotopic (exact) mass is 268 g/mol. The van der Waals surface area contributed by atoms with Gasteiger partial charge < -0.3 is 9.64 Å². The van der Waals surface area contributed by atoms with E-state index in [4.69, 9.17) is 4.74 Å². The van der Waals surface area contributed by atoms with Gasteiger partial charge in [-0.3, -0.25) is 4.79 Å². The number of hydrogen-bond donors (Lipinski definition) is 0.